The van der Waals surface area contributed by atoms with Crippen LogP contribution >= 0.6 is 0 Å². The van der Waals surface area contributed by atoms with E-state index in [0.29, 0.717) is 5.75 Å². The van der Waals surface area contributed by atoms with Gasteiger partial charge in [-0.3, -0.25) is 10.1 Å². The summed E-state index contributed by atoms with van der Waals surface area (Å²) in [6.07, 6.45) is 4.06. The molecule has 1 aliphatic carbocycles. The first-order valence-corrected chi connectivity index (χ1v) is 8.46. The Balaban J connectivity index is 1.84. The largest absolute Gasteiger partial charge is 0.496 e. The smallest absolute Gasteiger partial charge is 0.342 e. The van der Waals surface area contributed by atoms with Gasteiger partial charge in [-0.15, -0.1) is 0 Å². The monoisotopic (exact) mass is 348 g/mol. The third-order valence-corrected chi connectivity index (χ3v) is 4.16. The first-order chi connectivity index (χ1) is 12.0. The SMILES string of the molecule is COc1ccccc1C(=O)OC(C)C(=O)NC(=O)NC1CCCCC1. The van der Waals surface area contributed by atoms with Crippen LogP contribution in [0.5, 0.6) is 5.75 Å². The van der Waals surface area contributed by atoms with Crippen LogP contribution < -0.4 is 15.4 Å². The maximum atomic E-state index is 12.2. The molecule has 0 aromatic heterocycles. The second-order valence-corrected chi connectivity index (χ2v) is 6.05. The fraction of sp³-hybridized carbons (Fsp3) is 0.500. The maximum Gasteiger partial charge on any atom is 0.342 e. The zero-order chi connectivity index (χ0) is 18.2. The number of nitrogens with one attached hydrogen (secondary N) is 2. The first kappa shape index (κ1) is 18.8. The second-order valence-electron chi connectivity index (χ2n) is 6.05. The molecular formula is C18H24N2O5. The molecule has 0 aliphatic heterocycles. The number of amides is 3. The molecule has 7 heteroatoms. The van der Waals surface area contributed by atoms with Crippen molar-refractivity contribution in [2.24, 2.45) is 0 Å². The molecule has 1 saturated carbocycles. The molecule has 1 aromatic rings. The van der Waals surface area contributed by atoms with Crippen molar-refractivity contribution in [3.05, 3.63) is 29.8 Å². The standard InChI is InChI=1S/C18H24N2O5/c1-12(25-17(22)14-10-6-7-11-15(14)24-2)16(21)20-18(23)19-13-8-4-3-5-9-13/h6-7,10-13H,3-5,8-9H2,1-2H3,(H2,19,20,21,23). The molecule has 0 saturated heterocycles. The molecule has 7 nitrogen and oxygen atoms in total. The van der Waals surface area contributed by atoms with Crippen LogP contribution in [0.25, 0.3) is 0 Å². The van der Waals surface area contributed by atoms with Crippen molar-refractivity contribution in [3.8, 4) is 5.75 Å². The molecule has 1 fully saturated rings. The predicted octanol–water partition coefficient (Wildman–Crippen LogP) is 2.40. The van der Waals surface area contributed by atoms with Crippen LogP contribution in [0.15, 0.2) is 24.3 Å². The number of methoxy groups -OCH3 is 1. The fourth-order valence-corrected chi connectivity index (χ4v) is 2.77. The lowest BCUT2D eigenvalue weighted by molar-refractivity contribution is -0.127. The highest BCUT2D eigenvalue weighted by atomic mass is 16.5. The number of para-hydroxylation sites is 1. The summed E-state index contributed by atoms with van der Waals surface area (Å²) >= 11 is 0. The molecule has 136 valence electrons. The molecule has 1 aromatic carbocycles. The van der Waals surface area contributed by atoms with E-state index in [1.165, 1.54) is 20.5 Å². The Bertz CT molecular complexity index is 626. The van der Waals surface area contributed by atoms with E-state index in [1.54, 1.807) is 24.3 Å². The number of carbonyl (C=O) groups excluding carboxylic acids is 3. The van der Waals surface area contributed by atoms with Gasteiger partial charge in [-0.1, -0.05) is 31.4 Å². The molecule has 2 rings (SSSR count). The van der Waals surface area contributed by atoms with Gasteiger partial charge in [-0.2, -0.15) is 0 Å². The third kappa shape index (κ3) is 5.48. The highest BCUT2D eigenvalue weighted by Gasteiger charge is 2.23. The number of urea groups is 1. The van der Waals surface area contributed by atoms with E-state index in [9.17, 15) is 14.4 Å². The topological polar surface area (TPSA) is 93.7 Å². The first-order valence-electron chi connectivity index (χ1n) is 8.46. The summed E-state index contributed by atoms with van der Waals surface area (Å²) in [6.45, 7) is 1.41. The van der Waals surface area contributed by atoms with Crippen LogP contribution in [0.3, 0.4) is 0 Å². The lowest BCUT2D eigenvalue weighted by Gasteiger charge is -2.23. The minimum atomic E-state index is -1.10. The van der Waals surface area contributed by atoms with E-state index in [0.717, 1.165) is 25.7 Å². The average molecular weight is 348 g/mol. The van der Waals surface area contributed by atoms with Crippen molar-refractivity contribution in [1.29, 1.82) is 0 Å². The van der Waals surface area contributed by atoms with Crippen molar-refractivity contribution in [2.45, 2.75) is 51.2 Å². The van der Waals surface area contributed by atoms with E-state index >= 15 is 0 Å². The number of ether oxygens (including phenoxy) is 2. The summed E-state index contributed by atoms with van der Waals surface area (Å²) in [5, 5.41) is 4.99. The number of esters is 1. The molecule has 0 heterocycles. The maximum absolute atomic E-state index is 12.2. The molecular weight excluding hydrogens is 324 g/mol. The van der Waals surface area contributed by atoms with Crippen LogP contribution in [0, 0.1) is 0 Å². The number of benzene rings is 1. The van der Waals surface area contributed by atoms with Crippen molar-refractivity contribution in [1.82, 2.24) is 10.6 Å². The molecule has 0 bridgehead atoms. The summed E-state index contributed by atoms with van der Waals surface area (Å²) in [7, 11) is 1.44. The normalized spacial score (nSPS) is 15.8. The Morgan fingerprint density at radius 2 is 1.80 bits per heavy atom. The lowest BCUT2D eigenvalue weighted by Crippen LogP contribution is -2.48. The molecule has 0 radical (unpaired) electrons. The van der Waals surface area contributed by atoms with Gasteiger partial charge in [0.2, 0.25) is 0 Å². The summed E-state index contributed by atoms with van der Waals surface area (Å²) in [4.78, 5) is 36.1. The number of imide groups is 1. The van der Waals surface area contributed by atoms with Gasteiger partial charge in [0.05, 0.1) is 7.11 Å². The summed E-state index contributed by atoms with van der Waals surface area (Å²) in [5.74, 6) is -1.00. The van der Waals surface area contributed by atoms with Crippen LogP contribution in [-0.4, -0.2) is 37.2 Å². The number of rotatable bonds is 5. The Kier molecular flexibility index (Phi) is 6.80. The van der Waals surface area contributed by atoms with E-state index < -0.39 is 24.0 Å². The Morgan fingerprint density at radius 1 is 1.12 bits per heavy atom. The van der Waals surface area contributed by atoms with E-state index in [-0.39, 0.29) is 11.6 Å². The van der Waals surface area contributed by atoms with Crippen molar-refractivity contribution in [2.75, 3.05) is 7.11 Å². The van der Waals surface area contributed by atoms with Crippen molar-refractivity contribution < 1.29 is 23.9 Å². The Hall–Kier alpha value is -2.57. The van der Waals surface area contributed by atoms with Gasteiger partial charge in [0.25, 0.3) is 5.91 Å². The molecule has 3 amide bonds. The molecule has 1 unspecified atom stereocenters. The van der Waals surface area contributed by atoms with Gasteiger partial charge in [0.15, 0.2) is 6.10 Å². The predicted molar refractivity (Wildman–Crippen MR) is 91.4 cm³/mol. The Labute approximate surface area is 147 Å². The quantitative estimate of drug-likeness (QED) is 0.797. The minimum absolute atomic E-state index is 0.0907. The number of hydrogen-bond acceptors (Lipinski definition) is 5. The Morgan fingerprint density at radius 3 is 2.48 bits per heavy atom. The summed E-state index contributed by atoms with van der Waals surface area (Å²) < 4.78 is 10.2. The van der Waals surface area contributed by atoms with Gasteiger partial charge in [-0.05, 0) is 31.9 Å². The highest BCUT2D eigenvalue weighted by molar-refractivity contribution is 5.99. The third-order valence-electron chi connectivity index (χ3n) is 4.16. The van der Waals surface area contributed by atoms with Crippen LogP contribution in [0.2, 0.25) is 0 Å². The van der Waals surface area contributed by atoms with E-state index in [2.05, 4.69) is 10.6 Å². The zero-order valence-electron chi connectivity index (χ0n) is 14.5. The molecule has 0 spiro atoms. The number of carbonyl (C=O) groups is 3. The summed E-state index contributed by atoms with van der Waals surface area (Å²) in [5.41, 5.74) is 0.219. The van der Waals surface area contributed by atoms with E-state index in [4.69, 9.17) is 9.47 Å². The highest BCUT2D eigenvalue weighted by Crippen LogP contribution is 2.19. The van der Waals surface area contributed by atoms with Crippen LogP contribution in [0.1, 0.15) is 49.4 Å². The van der Waals surface area contributed by atoms with Crippen LogP contribution in [0.4, 0.5) is 4.79 Å². The van der Waals surface area contributed by atoms with E-state index in [1.807, 2.05) is 0 Å². The molecule has 1 aliphatic rings. The van der Waals surface area contributed by atoms with Gasteiger partial charge in [0.1, 0.15) is 11.3 Å². The fourth-order valence-electron chi connectivity index (χ4n) is 2.77. The van der Waals surface area contributed by atoms with Crippen molar-refractivity contribution >= 4 is 17.9 Å². The zero-order valence-corrected chi connectivity index (χ0v) is 14.5. The van der Waals surface area contributed by atoms with Crippen LogP contribution in [-0.2, 0) is 9.53 Å². The second kappa shape index (κ2) is 9.05. The minimum Gasteiger partial charge on any atom is -0.496 e. The molecule has 2 N–H and O–H groups in total. The molecule has 25 heavy (non-hydrogen) atoms. The van der Waals surface area contributed by atoms with Gasteiger partial charge in [-0.25, -0.2) is 9.59 Å². The average Bonchev–Trinajstić information content (AvgIpc) is 2.62. The van der Waals surface area contributed by atoms with Gasteiger partial charge >= 0.3 is 12.0 Å². The summed E-state index contributed by atoms with van der Waals surface area (Å²) in [6, 6.07) is 6.09. The van der Waals surface area contributed by atoms with Gasteiger partial charge < -0.3 is 14.8 Å². The van der Waals surface area contributed by atoms with Gasteiger partial charge in [0, 0.05) is 6.04 Å². The number of hydrogen-bond donors (Lipinski definition) is 2. The van der Waals surface area contributed by atoms with Crippen molar-refractivity contribution in [3.63, 3.8) is 0 Å². The lowest BCUT2D eigenvalue weighted by atomic mass is 9.96. The molecule has 1 atom stereocenters.